The number of benzene rings is 1. The monoisotopic (exact) mass is 205 g/mol. The molecule has 0 aliphatic heterocycles. The number of rotatable bonds is 1. The van der Waals surface area contributed by atoms with Gasteiger partial charge in [0.25, 0.3) is 5.56 Å². The lowest BCUT2D eigenvalue weighted by Gasteiger charge is -2.00. The molecule has 0 atom stereocenters. The zero-order chi connectivity index (χ0) is 10.8. The van der Waals surface area contributed by atoms with E-state index in [-0.39, 0.29) is 11.6 Å². The number of nitrogens with two attached hydrogens (primary N) is 1. The summed E-state index contributed by atoms with van der Waals surface area (Å²) in [5, 5.41) is 0. The first-order valence-electron chi connectivity index (χ1n) is 4.27. The van der Waals surface area contributed by atoms with Gasteiger partial charge in [-0.25, -0.2) is 9.37 Å². The van der Waals surface area contributed by atoms with Gasteiger partial charge in [-0.1, -0.05) is 0 Å². The average molecular weight is 205 g/mol. The summed E-state index contributed by atoms with van der Waals surface area (Å²) in [5.74, 6) is -0.412. The van der Waals surface area contributed by atoms with E-state index in [0.29, 0.717) is 11.3 Å². The summed E-state index contributed by atoms with van der Waals surface area (Å²) in [5.41, 5.74) is 6.02. The summed E-state index contributed by atoms with van der Waals surface area (Å²) < 4.78 is 12.6. The van der Waals surface area contributed by atoms with Crippen molar-refractivity contribution in [2.75, 3.05) is 5.73 Å². The van der Waals surface area contributed by atoms with Crippen LogP contribution in [0, 0.1) is 5.82 Å². The second-order valence-corrected chi connectivity index (χ2v) is 3.02. The number of hydrogen-bond acceptors (Lipinski definition) is 3. The van der Waals surface area contributed by atoms with Crippen LogP contribution in [-0.2, 0) is 0 Å². The van der Waals surface area contributed by atoms with E-state index in [1.807, 2.05) is 0 Å². The molecular formula is C10H8FN3O. The molecule has 2 rings (SSSR count). The molecule has 0 radical (unpaired) electrons. The molecule has 3 N–H and O–H groups in total. The minimum absolute atomic E-state index is 0.0825. The van der Waals surface area contributed by atoms with Gasteiger partial charge in [0.15, 0.2) is 5.82 Å². The molecule has 0 saturated heterocycles. The van der Waals surface area contributed by atoms with Gasteiger partial charge in [0.05, 0.1) is 11.9 Å². The molecule has 0 amide bonds. The van der Waals surface area contributed by atoms with Gasteiger partial charge in [0, 0.05) is 0 Å². The number of aromatic amines is 1. The van der Waals surface area contributed by atoms with E-state index in [2.05, 4.69) is 9.97 Å². The summed E-state index contributed by atoms with van der Waals surface area (Å²) in [6.07, 6.45) is 1.43. The summed E-state index contributed by atoms with van der Waals surface area (Å²) in [4.78, 5) is 17.4. The smallest absolute Gasteiger partial charge is 0.290 e. The van der Waals surface area contributed by atoms with Gasteiger partial charge in [-0.3, -0.25) is 4.79 Å². The Hall–Kier alpha value is -2.17. The predicted molar refractivity (Wildman–Crippen MR) is 54.7 cm³/mol. The molecule has 0 bridgehead atoms. The first kappa shape index (κ1) is 9.39. The van der Waals surface area contributed by atoms with E-state index < -0.39 is 5.56 Å². The van der Waals surface area contributed by atoms with Gasteiger partial charge in [0.2, 0.25) is 0 Å². The second kappa shape index (κ2) is 3.53. The fourth-order valence-electron chi connectivity index (χ4n) is 1.19. The van der Waals surface area contributed by atoms with Gasteiger partial charge in [-0.15, -0.1) is 0 Å². The maximum atomic E-state index is 12.6. The summed E-state index contributed by atoms with van der Waals surface area (Å²) in [6.45, 7) is 0. The van der Waals surface area contributed by atoms with Crippen LogP contribution in [0.25, 0.3) is 11.3 Å². The van der Waals surface area contributed by atoms with Gasteiger partial charge in [-0.05, 0) is 29.8 Å². The number of hydrogen-bond donors (Lipinski definition) is 2. The number of aromatic nitrogens is 2. The van der Waals surface area contributed by atoms with E-state index >= 15 is 0 Å². The lowest BCUT2D eigenvalue weighted by molar-refractivity contribution is 0.628. The van der Waals surface area contributed by atoms with Crippen molar-refractivity contribution in [3.63, 3.8) is 0 Å². The van der Waals surface area contributed by atoms with Crippen LogP contribution in [0.15, 0.2) is 35.3 Å². The van der Waals surface area contributed by atoms with Crippen LogP contribution >= 0.6 is 0 Å². The molecule has 0 fully saturated rings. The van der Waals surface area contributed by atoms with Crippen LogP contribution in [0.5, 0.6) is 0 Å². The van der Waals surface area contributed by atoms with Crippen molar-refractivity contribution in [1.82, 2.24) is 9.97 Å². The van der Waals surface area contributed by atoms with Crippen molar-refractivity contribution in [1.29, 1.82) is 0 Å². The molecule has 0 saturated carbocycles. The third-order valence-electron chi connectivity index (χ3n) is 1.97. The van der Waals surface area contributed by atoms with E-state index in [0.717, 1.165) is 0 Å². The number of halogens is 1. The lowest BCUT2D eigenvalue weighted by atomic mass is 10.1. The highest BCUT2D eigenvalue weighted by atomic mass is 19.1. The molecule has 0 unspecified atom stereocenters. The number of H-pyrrole nitrogens is 1. The van der Waals surface area contributed by atoms with E-state index in [1.54, 1.807) is 12.1 Å². The van der Waals surface area contributed by atoms with Crippen LogP contribution in [0.2, 0.25) is 0 Å². The maximum Gasteiger partial charge on any atom is 0.290 e. The highest BCUT2D eigenvalue weighted by Crippen LogP contribution is 2.14. The first-order valence-corrected chi connectivity index (χ1v) is 4.27. The first-order chi connectivity index (χ1) is 7.16. The molecule has 76 valence electrons. The fraction of sp³-hybridized carbons (Fsp3) is 0. The highest BCUT2D eigenvalue weighted by molar-refractivity contribution is 5.58. The van der Waals surface area contributed by atoms with E-state index in [4.69, 9.17) is 5.73 Å². The summed E-state index contributed by atoms with van der Waals surface area (Å²) in [6, 6.07) is 5.73. The molecule has 0 spiro atoms. The fourth-order valence-corrected chi connectivity index (χ4v) is 1.19. The van der Waals surface area contributed by atoms with Gasteiger partial charge < -0.3 is 10.7 Å². The Labute approximate surface area is 84.6 Å². The largest absolute Gasteiger partial charge is 0.379 e. The predicted octanol–water partition coefficient (Wildman–Crippen LogP) is 1.16. The van der Waals surface area contributed by atoms with Crippen LogP contribution < -0.4 is 11.3 Å². The second-order valence-electron chi connectivity index (χ2n) is 3.02. The third-order valence-corrected chi connectivity index (χ3v) is 1.97. The van der Waals surface area contributed by atoms with Crippen LogP contribution in [0.4, 0.5) is 10.2 Å². The SMILES string of the molecule is Nc1ncc(-c2ccc(F)cc2)[nH]c1=O. The van der Waals surface area contributed by atoms with Crippen LogP contribution in [0.3, 0.4) is 0 Å². The molecule has 0 aliphatic carbocycles. The molecule has 1 aromatic carbocycles. The van der Waals surface area contributed by atoms with E-state index in [9.17, 15) is 9.18 Å². The van der Waals surface area contributed by atoms with Crippen molar-refractivity contribution < 1.29 is 4.39 Å². The zero-order valence-corrected chi connectivity index (χ0v) is 7.70. The average Bonchev–Trinajstić information content (AvgIpc) is 2.23. The standard InChI is InChI=1S/C10H8FN3O/c11-7-3-1-6(2-4-7)8-5-13-9(12)10(15)14-8/h1-5H,(H2,12,13)(H,14,15). The molecule has 1 heterocycles. The molecule has 4 nitrogen and oxygen atoms in total. The molecule has 2 aromatic rings. The van der Waals surface area contributed by atoms with Gasteiger partial charge in [0.1, 0.15) is 5.82 Å². The van der Waals surface area contributed by atoms with Crippen molar-refractivity contribution >= 4 is 5.82 Å². The highest BCUT2D eigenvalue weighted by Gasteiger charge is 2.01. The Morgan fingerprint density at radius 2 is 1.93 bits per heavy atom. The molecular weight excluding hydrogens is 197 g/mol. The minimum atomic E-state index is -0.447. The van der Waals surface area contributed by atoms with Crippen molar-refractivity contribution in [3.8, 4) is 11.3 Å². The normalized spacial score (nSPS) is 10.2. The van der Waals surface area contributed by atoms with E-state index in [1.165, 1.54) is 18.3 Å². The Morgan fingerprint density at radius 3 is 2.53 bits per heavy atom. The van der Waals surface area contributed by atoms with Gasteiger partial charge >= 0.3 is 0 Å². The molecule has 5 heteroatoms. The van der Waals surface area contributed by atoms with Crippen LogP contribution in [0.1, 0.15) is 0 Å². The number of nitrogens with zero attached hydrogens (tertiary/aromatic N) is 1. The Balaban J connectivity index is 2.50. The topological polar surface area (TPSA) is 71.8 Å². The quantitative estimate of drug-likeness (QED) is 0.733. The number of nitrogens with one attached hydrogen (secondary N) is 1. The minimum Gasteiger partial charge on any atom is -0.379 e. The van der Waals surface area contributed by atoms with Crippen molar-refractivity contribution in [2.24, 2.45) is 0 Å². The summed E-state index contributed by atoms with van der Waals surface area (Å²) in [7, 11) is 0. The van der Waals surface area contributed by atoms with Crippen LogP contribution in [-0.4, -0.2) is 9.97 Å². The summed E-state index contributed by atoms with van der Waals surface area (Å²) >= 11 is 0. The molecule has 15 heavy (non-hydrogen) atoms. The maximum absolute atomic E-state index is 12.6. The van der Waals surface area contributed by atoms with Crippen molar-refractivity contribution in [3.05, 3.63) is 46.6 Å². The Morgan fingerprint density at radius 1 is 1.27 bits per heavy atom. The Bertz CT molecular complexity index is 533. The van der Waals surface area contributed by atoms with Crippen molar-refractivity contribution in [2.45, 2.75) is 0 Å². The molecule has 1 aromatic heterocycles. The zero-order valence-electron chi connectivity index (χ0n) is 7.70. The lowest BCUT2D eigenvalue weighted by Crippen LogP contribution is -2.13. The third kappa shape index (κ3) is 1.85. The number of nitrogen functional groups attached to an aromatic ring is 1. The number of anilines is 1. The molecule has 0 aliphatic rings. The van der Waals surface area contributed by atoms with Gasteiger partial charge in [-0.2, -0.15) is 0 Å². The Kier molecular flexibility index (Phi) is 2.21.